The van der Waals surface area contributed by atoms with E-state index in [9.17, 15) is 9.59 Å². The summed E-state index contributed by atoms with van der Waals surface area (Å²) in [5.74, 6) is -1.30. The van der Waals surface area contributed by atoms with Gasteiger partial charge in [-0.1, -0.05) is 34.1 Å². The Morgan fingerprint density at radius 3 is 2.23 bits per heavy atom. The van der Waals surface area contributed by atoms with Crippen molar-refractivity contribution in [1.82, 2.24) is 0 Å². The maximum absolute atomic E-state index is 11.2. The Morgan fingerprint density at radius 2 is 1.77 bits per heavy atom. The lowest BCUT2D eigenvalue weighted by atomic mass is 10.1. The minimum Gasteiger partial charge on any atom is -0.478 e. The fourth-order valence-electron chi connectivity index (χ4n) is 0.985. The predicted molar refractivity (Wildman–Crippen MR) is 51.5 cm³/mol. The van der Waals surface area contributed by atoms with Crippen LogP contribution in [0.15, 0.2) is 24.3 Å². The summed E-state index contributed by atoms with van der Waals surface area (Å²) in [6, 6.07) is 6.15. The van der Waals surface area contributed by atoms with Gasteiger partial charge in [0.25, 0.3) is 0 Å². The first kappa shape index (κ1) is 9.92. The van der Waals surface area contributed by atoms with E-state index in [-0.39, 0.29) is 22.2 Å². The van der Waals surface area contributed by atoms with Crippen molar-refractivity contribution in [2.75, 3.05) is 5.33 Å². The van der Waals surface area contributed by atoms with Crippen LogP contribution in [-0.2, 0) is 0 Å². The first-order valence-corrected chi connectivity index (χ1v) is 4.70. The van der Waals surface area contributed by atoms with Crippen molar-refractivity contribution in [2.24, 2.45) is 0 Å². The number of halogens is 1. The number of rotatable bonds is 3. The van der Waals surface area contributed by atoms with Crippen LogP contribution in [0, 0.1) is 0 Å². The third-order valence-electron chi connectivity index (χ3n) is 1.58. The molecule has 0 aliphatic carbocycles. The molecule has 0 amide bonds. The maximum atomic E-state index is 11.2. The topological polar surface area (TPSA) is 54.4 Å². The van der Waals surface area contributed by atoms with E-state index in [0.29, 0.717) is 0 Å². The van der Waals surface area contributed by atoms with Crippen molar-refractivity contribution in [3.8, 4) is 0 Å². The van der Waals surface area contributed by atoms with E-state index in [0.717, 1.165) is 0 Å². The molecule has 0 heterocycles. The molecule has 13 heavy (non-hydrogen) atoms. The first-order valence-electron chi connectivity index (χ1n) is 3.58. The van der Waals surface area contributed by atoms with Gasteiger partial charge in [0.2, 0.25) is 0 Å². The molecule has 0 fully saturated rings. The lowest BCUT2D eigenvalue weighted by Crippen LogP contribution is -2.08. The highest BCUT2D eigenvalue weighted by atomic mass is 79.9. The second kappa shape index (κ2) is 4.18. The molecule has 1 aromatic rings. The molecule has 1 rings (SSSR count). The number of hydrogen-bond acceptors (Lipinski definition) is 2. The SMILES string of the molecule is O=C(O)c1ccccc1C(=O)CBr. The Kier molecular flexibility index (Phi) is 3.19. The van der Waals surface area contributed by atoms with Crippen molar-refractivity contribution in [3.63, 3.8) is 0 Å². The van der Waals surface area contributed by atoms with Gasteiger partial charge >= 0.3 is 5.97 Å². The van der Waals surface area contributed by atoms with Crippen LogP contribution in [0.4, 0.5) is 0 Å². The summed E-state index contributed by atoms with van der Waals surface area (Å²) in [4.78, 5) is 21.9. The molecular formula is C9H7BrO3. The number of benzene rings is 1. The molecule has 1 aromatic carbocycles. The molecule has 0 atom stereocenters. The third-order valence-corrected chi connectivity index (χ3v) is 2.09. The molecule has 0 bridgehead atoms. The molecule has 4 heteroatoms. The normalized spacial score (nSPS) is 9.62. The van der Waals surface area contributed by atoms with Crippen LogP contribution in [0.25, 0.3) is 0 Å². The molecule has 0 aromatic heterocycles. The van der Waals surface area contributed by atoms with Gasteiger partial charge in [-0.05, 0) is 6.07 Å². The Morgan fingerprint density at radius 1 is 1.23 bits per heavy atom. The molecule has 0 radical (unpaired) electrons. The lowest BCUT2D eigenvalue weighted by Gasteiger charge is -2.01. The Labute approximate surface area is 83.5 Å². The monoisotopic (exact) mass is 242 g/mol. The van der Waals surface area contributed by atoms with Crippen LogP contribution in [-0.4, -0.2) is 22.2 Å². The molecule has 0 unspecified atom stereocenters. The van der Waals surface area contributed by atoms with Crippen molar-refractivity contribution < 1.29 is 14.7 Å². The van der Waals surface area contributed by atoms with Crippen LogP contribution in [0.5, 0.6) is 0 Å². The fourth-order valence-corrected chi connectivity index (χ4v) is 1.29. The number of carboxylic acids is 1. The van der Waals surface area contributed by atoms with Gasteiger partial charge in [0, 0.05) is 5.56 Å². The minimum atomic E-state index is -1.08. The number of carbonyl (C=O) groups is 2. The highest BCUT2D eigenvalue weighted by Crippen LogP contribution is 2.10. The van der Waals surface area contributed by atoms with E-state index in [2.05, 4.69) is 15.9 Å². The van der Waals surface area contributed by atoms with Crippen molar-refractivity contribution in [2.45, 2.75) is 0 Å². The van der Waals surface area contributed by atoms with Gasteiger partial charge < -0.3 is 5.11 Å². The van der Waals surface area contributed by atoms with Gasteiger partial charge in [-0.25, -0.2) is 4.79 Å². The number of carboxylic acid groups (broad SMARTS) is 1. The van der Waals surface area contributed by atoms with Gasteiger partial charge in [-0.15, -0.1) is 0 Å². The number of ketones is 1. The van der Waals surface area contributed by atoms with Gasteiger partial charge in [-0.2, -0.15) is 0 Å². The second-order valence-corrected chi connectivity index (χ2v) is 2.97. The highest BCUT2D eigenvalue weighted by Gasteiger charge is 2.13. The fraction of sp³-hybridized carbons (Fsp3) is 0.111. The van der Waals surface area contributed by atoms with E-state index >= 15 is 0 Å². The summed E-state index contributed by atoms with van der Waals surface area (Å²) in [5.41, 5.74) is 0.291. The summed E-state index contributed by atoms with van der Waals surface area (Å²) in [5, 5.41) is 8.88. The van der Waals surface area contributed by atoms with Crippen LogP contribution in [0.1, 0.15) is 20.7 Å². The van der Waals surface area contributed by atoms with Crippen LogP contribution < -0.4 is 0 Å². The summed E-state index contributed by atoms with van der Waals surface area (Å²) in [6.45, 7) is 0. The Bertz CT molecular complexity index is 346. The summed E-state index contributed by atoms with van der Waals surface area (Å²) in [7, 11) is 0. The molecule has 0 aliphatic rings. The number of alkyl halides is 1. The number of Topliss-reactive ketones (excluding diaryl/α,β-unsaturated/α-hetero) is 1. The smallest absolute Gasteiger partial charge is 0.336 e. The van der Waals surface area contributed by atoms with E-state index in [4.69, 9.17) is 5.11 Å². The molecular weight excluding hydrogens is 236 g/mol. The molecule has 0 saturated carbocycles. The zero-order chi connectivity index (χ0) is 9.84. The Balaban J connectivity index is 3.19. The summed E-state index contributed by atoms with van der Waals surface area (Å²) in [6.07, 6.45) is 0. The summed E-state index contributed by atoms with van der Waals surface area (Å²) < 4.78 is 0. The van der Waals surface area contributed by atoms with E-state index < -0.39 is 5.97 Å². The second-order valence-electron chi connectivity index (χ2n) is 2.41. The standard InChI is InChI=1S/C9H7BrO3/c10-5-8(11)6-3-1-2-4-7(6)9(12)13/h1-4H,5H2,(H,12,13). The number of hydrogen-bond donors (Lipinski definition) is 1. The quantitative estimate of drug-likeness (QED) is 0.652. The number of aromatic carboxylic acids is 1. The van der Waals surface area contributed by atoms with E-state index in [1.807, 2.05) is 0 Å². The molecule has 68 valence electrons. The highest BCUT2D eigenvalue weighted by molar-refractivity contribution is 9.09. The van der Waals surface area contributed by atoms with Crippen molar-refractivity contribution in [1.29, 1.82) is 0 Å². The largest absolute Gasteiger partial charge is 0.478 e. The maximum Gasteiger partial charge on any atom is 0.336 e. The Hall–Kier alpha value is -1.16. The zero-order valence-corrected chi connectivity index (χ0v) is 8.24. The van der Waals surface area contributed by atoms with Crippen LogP contribution >= 0.6 is 15.9 Å². The average Bonchev–Trinajstić information content (AvgIpc) is 2.16. The predicted octanol–water partition coefficient (Wildman–Crippen LogP) is 1.96. The van der Waals surface area contributed by atoms with Gasteiger partial charge in [-0.3, -0.25) is 4.79 Å². The van der Waals surface area contributed by atoms with E-state index in [1.54, 1.807) is 12.1 Å². The summed E-state index contributed by atoms with van der Waals surface area (Å²) >= 11 is 2.99. The average molecular weight is 243 g/mol. The first-order chi connectivity index (χ1) is 6.16. The van der Waals surface area contributed by atoms with Gasteiger partial charge in [0.15, 0.2) is 5.78 Å². The van der Waals surface area contributed by atoms with Gasteiger partial charge in [0.05, 0.1) is 10.9 Å². The van der Waals surface area contributed by atoms with Crippen molar-refractivity contribution in [3.05, 3.63) is 35.4 Å². The van der Waals surface area contributed by atoms with E-state index in [1.165, 1.54) is 12.1 Å². The van der Waals surface area contributed by atoms with Crippen molar-refractivity contribution >= 4 is 27.7 Å². The van der Waals surface area contributed by atoms with Crippen LogP contribution in [0.3, 0.4) is 0 Å². The lowest BCUT2D eigenvalue weighted by molar-refractivity contribution is 0.0692. The van der Waals surface area contributed by atoms with Crippen LogP contribution in [0.2, 0.25) is 0 Å². The third kappa shape index (κ3) is 2.15. The van der Waals surface area contributed by atoms with Gasteiger partial charge in [0.1, 0.15) is 0 Å². The zero-order valence-electron chi connectivity index (χ0n) is 6.66. The molecule has 3 nitrogen and oxygen atoms in total. The molecule has 0 saturated heterocycles. The number of carbonyl (C=O) groups excluding carboxylic acids is 1. The molecule has 1 N–H and O–H groups in total. The molecule has 0 spiro atoms. The minimum absolute atomic E-state index is 0.0481. The molecule has 0 aliphatic heterocycles.